The molecule has 0 bridgehead atoms. The molecule has 0 saturated heterocycles. The summed E-state index contributed by atoms with van der Waals surface area (Å²) in [7, 11) is 5.33. The van der Waals surface area contributed by atoms with Crippen LogP contribution in [0.5, 0.6) is 0 Å². The van der Waals surface area contributed by atoms with Crippen molar-refractivity contribution in [2.24, 2.45) is 0 Å². The van der Waals surface area contributed by atoms with Gasteiger partial charge in [-0.3, -0.25) is 0 Å². The van der Waals surface area contributed by atoms with Crippen LogP contribution in [0.4, 0.5) is 0 Å². The van der Waals surface area contributed by atoms with Gasteiger partial charge in [0.25, 0.3) is 0 Å². The molecule has 3 nitrogen and oxygen atoms in total. The molecule has 0 aliphatic carbocycles. The molecule has 0 aromatic carbocycles. The predicted molar refractivity (Wildman–Crippen MR) is 217 cm³/mol. The van der Waals surface area contributed by atoms with Gasteiger partial charge in [-0.2, -0.15) is 0 Å². The lowest BCUT2D eigenvalue weighted by molar-refractivity contribution is 0.191. The highest BCUT2D eigenvalue weighted by molar-refractivity contribution is 4.50. The van der Waals surface area contributed by atoms with Crippen LogP contribution in [0.3, 0.4) is 0 Å². The zero-order chi connectivity index (χ0) is 36.8. The molecule has 1 atom stereocenters. The lowest BCUT2D eigenvalue weighted by Crippen LogP contribution is -2.12. The van der Waals surface area contributed by atoms with Crippen molar-refractivity contribution in [3.8, 4) is 0 Å². The second-order valence-electron chi connectivity index (χ2n) is 12.1. The molecule has 0 aromatic heterocycles. The van der Waals surface area contributed by atoms with E-state index < -0.39 is 0 Å². The quantitative estimate of drug-likeness (QED) is 0.121. The van der Waals surface area contributed by atoms with Crippen LogP contribution in [-0.2, 0) is 0 Å². The summed E-state index contributed by atoms with van der Waals surface area (Å²) in [6.07, 6.45) is 33.2. The number of nitrogens with zero attached hydrogens (tertiary/aromatic N) is 1. The van der Waals surface area contributed by atoms with E-state index in [1.54, 1.807) is 6.92 Å². The van der Waals surface area contributed by atoms with Gasteiger partial charge in [0.1, 0.15) is 0 Å². The van der Waals surface area contributed by atoms with Crippen molar-refractivity contribution in [3.63, 3.8) is 0 Å². The Labute approximate surface area is 292 Å². The van der Waals surface area contributed by atoms with E-state index >= 15 is 0 Å². The van der Waals surface area contributed by atoms with Gasteiger partial charge in [-0.25, -0.2) is 0 Å². The fraction of sp³-hybridized carbons (Fsp3) is 1.00. The summed E-state index contributed by atoms with van der Waals surface area (Å²) in [5.74, 6) is 0. The summed E-state index contributed by atoms with van der Waals surface area (Å²) in [5.41, 5.74) is 0. The first-order chi connectivity index (χ1) is 21.7. The molecule has 0 aliphatic rings. The van der Waals surface area contributed by atoms with E-state index in [0.29, 0.717) is 0 Å². The molecule has 286 valence electrons. The first kappa shape index (κ1) is 63.5. The van der Waals surface area contributed by atoms with E-state index in [4.69, 9.17) is 10.2 Å². The van der Waals surface area contributed by atoms with E-state index in [9.17, 15) is 0 Å². The maximum absolute atomic E-state index is 8.36. The Balaban J connectivity index is -0.0000000699. The van der Waals surface area contributed by atoms with Crippen LogP contribution in [0.2, 0.25) is 0 Å². The van der Waals surface area contributed by atoms with Crippen LogP contribution < -0.4 is 0 Å². The van der Waals surface area contributed by atoms with Gasteiger partial charge in [0.05, 0.1) is 6.10 Å². The highest BCUT2D eigenvalue weighted by Crippen LogP contribution is 2.12. The average molecular weight is 652 g/mol. The van der Waals surface area contributed by atoms with Gasteiger partial charge in [0, 0.05) is 7.11 Å². The lowest BCUT2D eigenvalue weighted by atomic mass is 10.0. The van der Waals surface area contributed by atoms with E-state index in [0.717, 1.165) is 13.5 Å². The molecule has 3 heteroatoms. The summed E-state index contributed by atoms with van der Waals surface area (Å²) in [6, 6.07) is 0. The van der Waals surface area contributed by atoms with Crippen LogP contribution >= 0.6 is 0 Å². The number of aliphatic hydroxyl groups excluding tert-OH is 2. The molecule has 0 heterocycles. The summed E-state index contributed by atoms with van der Waals surface area (Å²) in [6.45, 7) is 28.7. The third-order valence-corrected chi connectivity index (χ3v) is 6.26. The molecular weight excluding hydrogens is 550 g/mol. The molecule has 0 aliphatic heterocycles. The van der Waals surface area contributed by atoms with Crippen molar-refractivity contribution in [2.45, 2.75) is 250 Å². The topological polar surface area (TPSA) is 43.7 Å². The molecule has 0 rings (SSSR count). The molecule has 45 heavy (non-hydrogen) atoms. The number of rotatable bonds is 21. The van der Waals surface area contributed by atoms with Crippen molar-refractivity contribution < 1.29 is 10.2 Å². The largest absolute Gasteiger partial charge is 0.400 e. The number of unbranched alkanes of at least 4 members (excludes halogenated alkanes) is 18. The Kier molecular flexibility index (Phi) is 119. The van der Waals surface area contributed by atoms with Crippen molar-refractivity contribution in [1.82, 2.24) is 4.90 Å². The molecule has 1 unspecified atom stereocenters. The van der Waals surface area contributed by atoms with Gasteiger partial charge in [-0.05, 0) is 40.4 Å². The van der Waals surface area contributed by atoms with Crippen LogP contribution in [0.15, 0.2) is 0 Å². The molecule has 0 fully saturated rings. The molecule has 0 aromatic rings. The summed E-state index contributed by atoms with van der Waals surface area (Å²) in [4.78, 5) is 2.29. The molecule has 0 saturated carbocycles. The van der Waals surface area contributed by atoms with E-state index in [2.05, 4.69) is 81.3 Å². The van der Waals surface area contributed by atoms with Crippen LogP contribution in [0, 0.1) is 0 Å². The SMILES string of the molecule is CC.CCC.CCC.CCC(C)O.CCCC.CCCCCCCC.CCCCCCCCCCCCCCCN(C)C.CO. The van der Waals surface area contributed by atoms with Crippen molar-refractivity contribution in [3.05, 3.63) is 0 Å². The van der Waals surface area contributed by atoms with E-state index in [1.165, 1.54) is 154 Å². The second kappa shape index (κ2) is 84.6. The maximum Gasteiger partial charge on any atom is 0.0509 e. The third-order valence-electron chi connectivity index (χ3n) is 6.26. The smallest absolute Gasteiger partial charge is 0.0509 e. The molecule has 0 spiro atoms. The zero-order valence-corrected chi connectivity index (χ0v) is 35.6. The highest BCUT2D eigenvalue weighted by Gasteiger charge is 1.94. The Morgan fingerprint density at radius 2 is 0.578 bits per heavy atom. The summed E-state index contributed by atoms with van der Waals surface area (Å²) < 4.78 is 0. The van der Waals surface area contributed by atoms with Gasteiger partial charge in [-0.1, -0.05) is 224 Å². The molecular formula is C42H101NO2. The normalized spacial score (nSPS) is 9.67. The Morgan fingerprint density at radius 1 is 0.400 bits per heavy atom. The number of hydrogen-bond donors (Lipinski definition) is 2. The Hall–Kier alpha value is -0.120. The fourth-order valence-corrected chi connectivity index (χ4v) is 3.30. The van der Waals surface area contributed by atoms with Crippen LogP contribution in [0.25, 0.3) is 0 Å². The van der Waals surface area contributed by atoms with Gasteiger partial charge >= 0.3 is 0 Å². The maximum atomic E-state index is 8.36. The average Bonchev–Trinajstić information content (AvgIpc) is 3.05. The van der Waals surface area contributed by atoms with E-state index in [1.807, 2.05) is 20.8 Å². The van der Waals surface area contributed by atoms with Gasteiger partial charge in [-0.15, -0.1) is 0 Å². The standard InChI is InChI=1S/C17H37N.C8H18.C4H10O.C4H10.2C3H8.C2H6.CH4O/c1-4-5-6-7-8-9-10-11-12-13-14-15-16-17-18(2)3;1-3-5-7-8-6-4-2;1-3-4(2)5;1-3-4-2;2*1-3-2;2*1-2/h4-17H2,1-3H3;3-8H2,1-2H3;4-5H,3H2,1-2H3;3-4H2,1-2H3;2*3H2,1-2H3;1-2H3;2H,1H3. The number of hydrogen-bond acceptors (Lipinski definition) is 3. The minimum Gasteiger partial charge on any atom is -0.400 e. The van der Waals surface area contributed by atoms with Crippen LogP contribution in [0.1, 0.15) is 244 Å². The van der Waals surface area contributed by atoms with Gasteiger partial charge in [0.2, 0.25) is 0 Å². The third kappa shape index (κ3) is 147. The molecule has 0 amide bonds. The Morgan fingerprint density at radius 3 is 0.711 bits per heavy atom. The van der Waals surface area contributed by atoms with Crippen LogP contribution in [-0.4, -0.2) is 49.0 Å². The minimum absolute atomic E-state index is 0.116. The van der Waals surface area contributed by atoms with Crippen molar-refractivity contribution in [1.29, 1.82) is 0 Å². The molecule has 2 N–H and O–H groups in total. The summed E-state index contributed by atoms with van der Waals surface area (Å²) >= 11 is 0. The minimum atomic E-state index is -0.116. The number of aliphatic hydroxyl groups is 2. The molecule has 0 radical (unpaired) electrons. The first-order valence-electron chi connectivity index (χ1n) is 20.5. The van der Waals surface area contributed by atoms with Gasteiger partial charge < -0.3 is 15.1 Å². The Bertz CT molecular complexity index is 312. The van der Waals surface area contributed by atoms with Crippen molar-refractivity contribution in [2.75, 3.05) is 27.7 Å². The van der Waals surface area contributed by atoms with Crippen molar-refractivity contribution >= 4 is 0 Å². The second-order valence-corrected chi connectivity index (χ2v) is 12.1. The first-order valence-corrected chi connectivity index (χ1v) is 20.5. The highest BCUT2D eigenvalue weighted by atomic mass is 16.3. The zero-order valence-electron chi connectivity index (χ0n) is 35.6. The van der Waals surface area contributed by atoms with Gasteiger partial charge in [0.15, 0.2) is 0 Å². The predicted octanol–water partition coefficient (Wildman–Crippen LogP) is 15.1. The lowest BCUT2D eigenvalue weighted by Gasteiger charge is -2.08. The fourth-order valence-electron chi connectivity index (χ4n) is 3.30. The summed E-state index contributed by atoms with van der Waals surface area (Å²) in [5, 5.41) is 15.4. The monoisotopic (exact) mass is 652 g/mol. The van der Waals surface area contributed by atoms with E-state index in [-0.39, 0.29) is 6.10 Å².